The number of hydrogen-bond donors (Lipinski definition) is 0. The fraction of sp³-hybridized carbons (Fsp3) is 0.375. The van der Waals surface area contributed by atoms with Crippen LogP contribution in [0.4, 0.5) is 0 Å². The molecule has 1 fully saturated rings. The Hall–Kier alpha value is -0.262. The molecule has 1 aliphatic rings. The van der Waals surface area contributed by atoms with E-state index < -0.39 is 0 Å². The maximum absolute atomic E-state index is 7.50. The van der Waals surface area contributed by atoms with Crippen molar-refractivity contribution in [3.05, 3.63) is 33.3 Å². The summed E-state index contributed by atoms with van der Waals surface area (Å²) in [6.45, 7) is 22.5. The van der Waals surface area contributed by atoms with Crippen molar-refractivity contribution in [3.63, 3.8) is 0 Å². The van der Waals surface area contributed by atoms with Crippen LogP contribution in [-0.4, -0.2) is 11.5 Å². The molecule has 0 bridgehead atoms. The zero-order chi connectivity index (χ0) is 12.8. The van der Waals surface area contributed by atoms with Crippen molar-refractivity contribution in [2.75, 3.05) is 11.5 Å². The summed E-state index contributed by atoms with van der Waals surface area (Å²) in [4.78, 5) is 0. The molecule has 1 rings (SSSR count). The van der Waals surface area contributed by atoms with Gasteiger partial charge < -0.3 is 0 Å². The predicted octanol–water partition coefficient (Wildman–Crippen LogP) is 0.933. The zero-order valence-electron chi connectivity index (χ0n) is 7.48. The minimum atomic E-state index is 0. The van der Waals surface area contributed by atoms with Crippen LogP contribution >= 0.6 is 11.8 Å². The molecular weight excluding hydrogens is 392 g/mol. The molecule has 15 heavy (non-hydrogen) atoms. The third kappa shape index (κ3) is 135. The second-order valence-corrected chi connectivity index (χ2v) is 2.19. The van der Waals surface area contributed by atoms with Crippen LogP contribution in [0.25, 0.3) is 0 Å². The standard InChI is InChI=1S/C3H6S.5CO.W/c1-2-4-3-1;5*1-2;/h1-3H2;;;;;;. The van der Waals surface area contributed by atoms with Crippen molar-refractivity contribution in [2.24, 2.45) is 0 Å². The van der Waals surface area contributed by atoms with E-state index in [0.717, 1.165) is 0 Å². The second-order valence-electron chi connectivity index (χ2n) is 0.966. The Labute approximate surface area is 107 Å². The van der Waals surface area contributed by atoms with Crippen LogP contribution in [0.1, 0.15) is 6.42 Å². The first-order valence-corrected chi connectivity index (χ1v) is 3.75. The molecule has 7 heteroatoms. The van der Waals surface area contributed by atoms with Crippen molar-refractivity contribution in [2.45, 2.75) is 6.42 Å². The van der Waals surface area contributed by atoms with Gasteiger partial charge in [0.05, 0.1) is 0 Å². The topological polar surface area (TPSA) is 99.5 Å². The summed E-state index contributed by atoms with van der Waals surface area (Å²) in [7, 11) is 0. The molecule has 1 aliphatic heterocycles. The van der Waals surface area contributed by atoms with Gasteiger partial charge in [0, 0.05) is 21.1 Å². The van der Waals surface area contributed by atoms with E-state index >= 15 is 0 Å². The summed E-state index contributed by atoms with van der Waals surface area (Å²) < 4.78 is 37.5. The van der Waals surface area contributed by atoms with Crippen LogP contribution in [0, 0.1) is 33.3 Å². The van der Waals surface area contributed by atoms with Gasteiger partial charge in [-0.25, -0.2) is 0 Å². The van der Waals surface area contributed by atoms with E-state index in [9.17, 15) is 0 Å². The SMILES string of the molecule is C1CSC1.[C-]#[O+].[C-]#[O+].[C-]#[O+].[C-]#[O+].[C-]#[O+].[W]. The van der Waals surface area contributed by atoms with Gasteiger partial charge in [-0.05, 0) is 17.9 Å². The third-order valence-electron chi connectivity index (χ3n) is 0.577. The molecular formula is C8H6O5SW. The van der Waals surface area contributed by atoms with Gasteiger partial charge in [-0.1, -0.05) is 0 Å². The molecule has 0 aromatic rings. The Kier molecular flexibility index (Phi) is 387. The number of rotatable bonds is 0. The van der Waals surface area contributed by atoms with Crippen molar-refractivity contribution in [1.29, 1.82) is 0 Å². The number of hydrogen-bond acceptors (Lipinski definition) is 1. The van der Waals surface area contributed by atoms with E-state index in [0.29, 0.717) is 0 Å². The van der Waals surface area contributed by atoms with Crippen molar-refractivity contribution >= 4 is 11.8 Å². The molecule has 0 atom stereocenters. The van der Waals surface area contributed by atoms with Gasteiger partial charge in [-0.2, -0.15) is 11.8 Å². The Morgan fingerprint density at radius 1 is 0.600 bits per heavy atom. The maximum atomic E-state index is 7.50. The second kappa shape index (κ2) is 160. The monoisotopic (exact) mass is 398 g/mol. The van der Waals surface area contributed by atoms with Crippen molar-refractivity contribution in [1.82, 2.24) is 0 Å². The van der Waals surface area contributed by atoms with E-state index in [1.807, 2.05) is 11.8 Å². The van der Waals surface area contributed by atoms with Crippen molar-refractivity contribution in [3.8, 4) is 0 Å². The summed E-state index contributed by atoms with van der Waals surface area (Å²) in [5.41, 5.74) is 0. The molecule has 0 aromatic carbocycles. The van der Waals surface area contributed by atoms with E-state index in [-0.39, 0.29) is 21.1 Å². The van der Waals surface area contributed by atoms with Crippen LogP contribution in [-0.2, 0) is 44.3 Å². The summed E-state index contributed by atoms with van der Waals surface area (Å²) in [6.07, 6.45) is 1.46. The molecule has 80 valence electrons. The van der Waals surface area contributed by atoms with Gasteiger partial charge >= 0.3 is 56.5 Å². The van der Waals surface area contributed by atoms with E-state index in [1.165, 1.54) is 17.9 Å². The van der Waals surface area contributed by atoms with Gasteiger partial charge in [-0.3, -0.25) is 0 Å². The molecule has 0 saturated carbocycles. The molecule has 1 saturated heterocycles. The minimum absolute atomic E-state index is 0. The first-order chi connectivity index (χ1) is 7.00. The number of thioether (sulfide) groups is 1. The molecule has 5 nitrogen and oxygen atoms in total. The molecule has 0 amide bonds. The Balaban J connectivity index is -0.0000000168. The zero-order valence-corrected chi connectivity index (χ0v) is 11.2. The normalized spacial score (nSPS) is 7.07. The quantitative estimate of drug-likeness (QED) is 0.440. The minimum Gasteiger partial charge on any atom is 0 e. The van der Waals surface area contributed by atoms with E-state index in [1.54, 1.807) is 0 Å². The van der Waals surface area contributed by atoms with Gasteiger partial charge in [0.25, 0.3) is 0 Å². The smallest absolute Gasteiger partial charge is 0 e. The first-order valence-electron chi connectivity index (χ1n) is 2.60. The van der Waals surface area contributed by atoms with Crippen LogP contribution in [0.5, 0.6) is 0 Å². The Bertz CT molecular complexity index is 118. The molecule has 0 unspecified atom stereocenters. The first kappa shape index (κ1) is 36.4. The molecule has 0 radical (unpaired) electrons. The average Bonchev–Trinajstić information content (AvgIpc) is 2.29. The molecule has 0 N–H and O–H groups in total. The Morgan fingerprint density at radius 2 is 0.667 bits per heavy atom. The van der Waals surface area contributed by atoms with E-state index in [2.05, 4.69) is 33.3 Å². The van der Waals surface area contributed by atoms with Crippen LogP contribution in [0.3, 0.4) is 0 Å². The third-order valence-corrected chi connectivity index (χ3v) is 1.73. The molecule has 0 aromatic heterocycles. The van der Waals surface area contributed by atoms with Gasteiger partial charge in [-0.15, -0.1) is 0 Å². The Morgan fingerprint density at radius 3 is 0.667 bits per heavy atom. The molecule has 0 aliphatic carbocycles. The fourth-order valence-electron chi connectivity index (χ4n) is 0.144. The van der Waals surface area contributed by atoms with E-state index in [4.69, 9.17) is 23.3 Å². The van der Waals surface area contributed by atoms with Gasteiger partial charge in [0.2, 0.25) is 0 Å². The summed E-state index contributed by atoms with van der Waals surface area (Å²) in [6, 6.07) is 0. The summed E-state index contributed by atoms with van der Waals surface area (Å²) >= 11 is 2.04. The van der Waals surface area contributed by atoms with Crippen molar-refractivity contribution < 1.29 is 44.3 Å². The molecule has 0 spiro atoms. The summed E-state index contributed by atoms with van der Waals surface area (Å²) in [5.74, 6) is 2.83. The van der Waals surface area contributed by atoms with Crippen LogP contribution < -0.4 is 0 Å². The predicted molar refractivity (Wildman–Crippen MR) is 41.6 cm³/mol. The molecule has 1 heterocycles. The fourth-order valence-corrected chi connectivity index (χ4v) is 0.433. The average molecular weight is 398 g/mol. The van der Waals surface area contributed by atoms with Crippen LogP contribution in [0.2, 0.25) is 0 Å². The van der Waals surface area contributed by atoms with Crippen LogP contribution in [0.15, 0.2) is 0 Å². The van der Waals surface area contributed by atoms with Gasteiger partial charge in [0.15, 0.2) is 0 Å². The summed E-state index contributed by atoms with van der Waals surface area (Å²) in [5, 5.41) is 0. The maximum Gasteiger partial charge on any atom is 0 e. The van der Waals surface area contributed by atoms with Gasteiger partial charge in [0.1, 0.15) is 0 Å². The largest absolute Gasteiger partial charge is 0 e.